The summed E-state index contributed by atoms with van der Waals surface area (Å²) in [6.45, 7) is 1.65. The average molecular weight is 213 g/mol. The maximum Gasteiger partial charge on any atom is 0.347 e. The predicted molar refractivity (Wildman–Crippen MR) is 54.2 cm³/mol. The van der Waals surface area contributed by atoms with Gasteiger partial charge in [-0.3, -0.25) is 0 Å². The Balaban J connectivity index is 3.14. The zero-order valence-electron chi connectivity index (χ0n) is 7.31. The van der Waals surface area contributed by atoms with Crippen LogP contribution < -0.4 is 9.92 Å². The lowest BCUT2D eigenvalue weighted by Gasteiger charge is -1.80. The van der Waals surface area contributed by atoms with Gasteiger partial charge in [0.15, 0.2) is 5.35 Å². The molecule has 2 heterocycles. The number of fused-ring (bicyclic) bond motifs is 1. The van der Waals surface area contributed by atoms with Crippen LogP contribution in [0.3, 0.4) is 0 Å². The summed E-state index contributed by atoms with van der Waals surface area (Å²) in [6, 6.07) is 0. The van der Waals surface area contributed by atoms with Gasteiger partial charge >= 0.3 is 4.96 Å². The van der Waals surface area contributed by atoms with E-state index in [0.29, 0.717) is 0 Å². The molecule has 0 saturated heterocycles. The Morgan fingerprint density at radius 3 is 3.00 bits per heavy atom. The minimum atomic E-state index is 0.271. The Hall–Kier alpha value is -0.940. The van der Waals surface area contributed by atoms with Gasteiger partial charge in [-0.05, 0) is 18.3 Å². The first kappa shape index (κ1) is 8.65. The predicted octanol–water partition coefficient (Wildman–Crippen LogP) is 0.960. The van der Waals surface area contributed by atoms with Crippen LogP contribution in [0.2, 0.25) is 0 Å². The van der Waals surface area contributed by atoms with Crippen molar-refractivity contribution in [2.45, 2.75) is 6.92 Å². The maximum absolute atomic E-state index is 9.43. The van der Waals surface area contributed by atoms with Crippen LogP contribution in [0.25, 0.3) is 10.7 Å². The van der Waals surface area contributed by atoms with Gasteiger partial charge in [0, 0.05) is 0 Å². The quantitative estimate of drug-likeness (QED) is 0.521. The van der Waals surface area contributed by atoms with Crippen molar-refractivity contribution in [3.63, 3.8) is 0 Å². The molecule has 0 bridgehead atoms. The molecule has 5 heteroatoms. The number of aliphatic hydroxyl groups excluding tert-OH is 1. The third-order valence-corrected chi connectivity index (χ3v) is 3.40. The van der Waals surface area contributed by atoms with Gasteiger partial charge in [-0.2, -0.15) is 4.40 Å². The van der Waals surface area contributed by atoms with Crippen molar-refractivity contribution >= 4 is 34.3 Å². The molecule has 0 spiro atoms. The van der Waals surface area contributed by atoms with E-state index in [4.69, 9.17) is 12.2 Å². The third-order valence-electron chi connectivity index (χ3n) is 1.91. The van der Waals surface area contributed by atoms with E-state index in [1.54, 1.807) is 6.92 Å². The molecule has 68 valence electrons. The molecule has 3 nitrogen and oxygen atoms in total. The molecule has 2 aromatic rings. The topological polar surface area (TPSA) is 28.5 Å². The zero-order chi connectivity index (χ0) is 9.59. The van der Waals surface area contributed by atoms with Crippen LogP contribution in [0.15, 0.2) is 12.4 Å². The summed E-state index contributed by atoms with van der Waals surface area (Å²) < 4.78 is 4.61. The molecule has 13 heavy (non-hydrogen) atoms. The SMILES string of the molecule is C/C(O)=c1\c(=S)sc2n1cc[n+]2C. The van der Waals surface area contributed by atoms with Crippen molar-refractivity contribution in [1.82, 2.24) is 4.40 Å². The van der Waals surface area contributed by atoms with Crippen LogP contribution >= 0.6 is 23.6 Å². The molecule has 0 saturated carbocycles. The van der Waals surface area contributed by atoms with E-state index in [0.717, 1.165) is 14.1 Å². The number of aromatic nitrogens is 2. The summed E-state index contributed by atoms with van der Waals surface area (Å²) >= 11 is 6.65. The molecule has 2 rings (SSSR count). The fourth-order valence-electron chi connectivity index (χ4n) is 1.31. The Bertz CT molecular complexity index is 563. The molecule has 0 aliphatic rings. The number of imidazole rings is 1. The Morgan fingerprint density at radius 2 is 2.38 bits per heavy atom. The van der Waals surface area contributed by atoms with Crippen LogP contribution in [-0.4, -0.2) is 9.51 Å². The van der Waals surface area contributed by atoms with Gasteiger partial charge in [-0.25, -0.2) is 4.57 Å². The molecule has 0 unspecified atom stereocenters. The van der Waals surface area contributed by atoms with Crippen LogP contribution in [0.5, 0.6) is 0 Å². The number of aliphatic hydroxyl groups is 1. The summed E-state index contributed by atoms with van der Waals surface area (Å²) in [5, 5.41) is 10.2. The zero-order valence-corrected chi connectivity index (χ0v) is 8.95. The van der Waals surface area contributed by atoms with E-state index >= 15 is 0 Å². The van der Waals surface area contributed by atoms with E-state index in [9.17, 15) is 5.11 Å². The summed E-state index contributed by atoms with van der Waals surface area (Å²) in [4.78, 5) is 1.04. The monoisotopic (exact) mass is 213 g/mol. The molecule has 0 aliphatic carbocycles. The highest BCUT2D eigenvalue weighted by molar-refractivity contribution is 7.73. The fraction of sp³-hybridized carbons (Fsp3) is 0.250. The Labute approximate surface area is 84.2 Å². The van der Waals surface area contributed by atoms with Crippen LogP contribution in [0, 0.1) is 3.82 Å². The maximum atomic E-state index is 9.43. The van der Waals surface area contributed by atoms with Gasteiger partial charge in [0.2, 0.25) is 0 Å². The third kappa shape index (κ3) is 1.15. The lowest BCUT2D eigenvalue weighted by molar-refractivity contribution is -0.642. The van der Waals surface area contributed by atoms with Crippen molar-refractivity contribution in [3.05, 3.63) is 21.6 Å². The number of hydrogen-bond acceptors (Lipinski definition) is 3. The normalized spacial score (nSPS) is 13.7. The van der Waals surface area contributed by atoms with Crippen molar-refractivity contribution in [1.29, 1.82) is 0 Å². The van der Waals surface area contributed by atoms with Gasteiger partial charge < -0.3 is 5.11 Å². The van der Waals surface area contributed by atoms with Crippen LogP contribution in [-0.2, 0) is 7.05 Å². The average Bonchev–Trinajstić information content (AvgIpc) is 2.51. The second kappa shape index (κ2) is 2.78. The highest BCUT2D eigenvalue weighted by atomic mass is 32.1. The summed E-state index contributed by atoms with van der Waals surface area (Å²) in [6.07, 6.45) is 3.84. The van der Waals surface area contributed by atoms with E-state index in [1.165, 1.54) is 11.3 Å². The van der Waals surface area contributed by atoms with Gasteiger partial charge in [0.05, 0.1) is 7.05 Å². The lowest BCUT2D eigenvalue weighted by Crippen LogP contribution is -2.25. The first-order valence-corrected chi connectivity index (χ1v) is 5.03. The second-order valence-corrected chi connectivity index (χ2v) is 4.53. The first-order valence-electron chi connectivity index (χ1n) is 3.80. The smallest absolute Gasteiger partial charge is 0.347 e. The fourth-order valence-corrected chi connectivity index (χ4v) is 2.74. The van der Waals surface area contributed by atoms with Crippen LogP contribution in [0.1, 0.15) is 6.92 Å². The number of aryl methyl sites for hydroxylation is 1. The van der Waals surface area contributed by atoms with Gasteiger partial charge in [-0.1, -0.05) is 12.2 Å². The standard InChI is InChI=1S/C8H8N2OS2/c1-5(11)6-7(12)13-8-9(2)3-4-10(6)8/h3-4H,1-2H3/p+1. The number of thiazole rings is 1. The second-order valence-electron chi connectivity index (χ2n) is 2.89. The van der Waals surface area contributed by atoms with Crippen molar-refractivity contribution in [3.8, 4) is 0 Å². The lowest BCUT2D eigenvalue weighted by atomic mass is 10.5. The number of hydrogen-bond donors (Lipinski definition) is 1. The highest BCUT2D eigenvalue weighted by Crippen LogP contribution is 2.05. The minimum absolute atomic E-state index is 0.271. The number of rotatable bonds is 0. The van der Waals surface area contributed by atoms with Gasteiger partial charge in [0.25, 0.3) is 0 Å². The molecular formula is C8H9N2OS2+. The van der Waals surface area contributed by atoms with E-state index in [2.05, 4.69) is 0 Å². The minimum Gasteiger partial charge on any atom is -0.508 e. The first-order chi connectivity index (χ1) is 6.11. The van der Waals surface area contributed by atoms with Gasteiger partial charge in [-0.15, -0.1) is 0 Å². The van der Waals surface area contributed by atoms with Crippen LogP contribution in [0.4, 0.5) is 0 Å². The summed E-state index contributed by atoms with van der Waals surface area (Å²) in [5.41, 5.74) is 0. The van der Waals surface area contributed by atoms with Crippen molar-refractivity contribution < 1.29 is 9.67 Å². The largest absolute Gasteiger partial charge is 0.508 e. The molecular weight excluding hydrogens is 204 g/mol. The Morgan fingerprint density at radius 1 is 1.69 bits per heavy atom. The van der Waals surface area contributed by atoms with E-state index in [-0.39, 0.29) is 5.76 Å². The molecule has 0 aromatic carbocycles. The van der Waals surface area contributed by atoms with Gasteiger partial charge in [0.1, 0.15) is 22.0 Å². The van der Waals surface area contributed by atoms with Crippen molar-refractivity contribution in [2.24, 2.45) is 7.05 Å². The highest BCUT2D eigenvalue weighted by Gasteiger charge is 2.13. The molecule has 1 N–H and O–H groups in total. The molecule has 2 aromatic heterocycles. The van der Waals surface area contributed by atoms with E-state index < -0.39 is 0 Å². The molecule has 0 aliphatic heterocycles. The summed E-state index contributed by atoms with van der Waals surface area (Å²) in [5.74, 6) is 0.271. The molecule has 0 atom stereocenters. The summed E-state index contributed by atoms with van der Waals surface area (Å²) in [7, 11) is 1.96. The molecule has 0 amide bonds. The number of nitrogens with zero attached hydrogens (tertiary/aromatic N) is 2. The van der Waals surface area contributed by atoms with Crippen molar-refractivity contribution in [2.75, 3.05) is 0 Å². The van der Waals surface area contributed by atoms with E-state index in [1.807, 2.05) is 28.4 Å². The molecule has 0 fully saturated rings. The Kier molecular flexibility index (Phi) is 1.85. The molecule has 0 radical (unpaired) electrons.